The molecule has 0 radical (unpaired) electrons. The zero-order valence-corrected chi connectivity index (χ0v) is 10.9. The summed E-state index contributed by atoms with van der Waals surface area (Å²) < 4.78 is 43.7. The molecule has 0 spiro atoms. The van der Waals surface area contributed by atoms with Crippen LogP contribution in [-0.2, 0) is 6.18 Å². The minimum atomic E-state index is -4.50. The predicted molar refractivity (Wildman–Crippen MR) is 67.7 cm³/mol. The molecule has 0 aliphatic heterocycles. The van der Waals surface area contributed by atoms with Gasteiger partial charge >= 0.3 is 6.18 Å². The third kappa shape index (κ3) is 3.87. The van der Waals surface area contributed by atoms with Gasteiger partial charge < -0.3 is 10.5 Å². The quantitative estimate of drug-likeness (QED) is 0.857. The van der Waals surface area contributed by atoms with Crippen LogP contribution in [0.5, 0.6) is 5.75 Å². The molecule has 0 heterocycles. The van der Waals surface area contributed by atoms with E-state index in [1.807, 2.05) is 13.8 Å². The van der Waals surface area contributed by atoms with E-state index in [2.05, 4.69) is 12.2 Å². The highest BCUT2D eigenvalue weighted by molar-refractivity contribution is 7.80. The average molecular weight is 277 g/mol. The van der Waals surface area contributed by atoms with E-state index in [0.717, 1.165) is 6.07 Å². The van der Waals surface area contributed by atoms with Gasteiger partial charge in [0.2, 0.25) is 0 Å². The van der Waals surface area contributed by atoms with Crippen LogP contribution >= 0.6 is 12.2 Å². The van der Waals surface area contributed by atoms with Gasteiger partial charge in [0, 0.05) is 5.56 Å². The fourth-order valence-electron chi connectivity index (χ4n) is 1.33. The molecule has 2 nitrogen and oxygen atoms in total. The largest absolute Gasteiger partial charge is 0.493 e. The second-order valence-electron chi connectivity index (χ2n) is 4.27. The SMILES string of the molecule is CC(C)COc1ccc(C(N)=S)c(C(F)(F)F)c1. The highest BCUT2D eigenvalue weighted by atomic mass is 32.1. The van der Waals surface area contributed by atoms with Crippen LogP contribution in [0.25, 0.3) is 0 Å². The second-order valence-corrected chi connectivity index (χ2v) is 4.71. The summed E-state index contributed by atoms with van der Waals surface area (Å²) in [6, 6.07) is 3.60. The van der Waals surface area contributed by atoms with Crippen molar-refractivity contribution in [1.82, 2.24) is 0 Å². The minimum absolute atomic E-state index is 0.163. The Morgan fingerprint density at radius 3 is 2.44 bits per heavy atom. The molecule has 0 fully saturated rings. The molecule has 6 heteroatoms. The molecule has 0 aliphatic carbocycles. The molecule has 0 amide bonds. The third-order valence-corrected chi connectivity index (χ3v) is 2.37. The van der Waals surface area contributed by atoms with E-state index in [1.165, 1.54) is 12.1 Å². The van der Waals surface area contributed by atoms with Crippen LogP contribution < -0.4 is 10.5 Å². The number of hydrogen-bond donors (Lipinski definition) is 1. The molecule has 0 aliphatic rings. The molecule has 0 saturated heterocycles. The molecule has 2 N–H and O–H groups in total. The zero-order valence-electron chi connectivity index (χ0n) is 10.0. The molecular formula is C12H14F3NOS. The van der Waals surface area contributed by atoms with Crippen LogP contribution in [0.2, 0.25) is 0 Å². The summed E-state index contributed by atoms with van der Waals surface area (Å²) in [6.07, 6.45) is -4.50. The maximum Gasteiger partial charge on any atom is 0.417 e. The lowest BCUT2D eigenvalue weighted by Crippen LogP contribution is -2.18. The summed E-state index contributed by atoms with van der Waals surface area (Å²) in [5, 5.41) is 0. The molecule has 18 heavy (non-hydrogen) atoms. The van der Waals surface area contributed by atoms with E-state index in [-0.39, 0.29) is 22.2 Å². The molecule has 100 valence electrons. The number of alkyl halides is 3. The summed E-state index contributed by atoms with van der Waals surface area (Å²) in [6.45, 7) is 4.17. The van der Waals surface area contributed by atoms with Gasteiger partial charge in [0.25, 0.3) is 0 Å². The lowest BCUT2D eigenvalue weighted by atomic mass is 10.1. The first-order valence-electron chi connectivity index (χ1n) is 5.35. The summed E-state index contributed by atoms with van der Waals surface area (Å²) in [7, 11) is 0. The van der Waals surface area contributed by atoms with E-state index < -0.39 is 11.7 Å². The molecule has 1 aromatic rings. The van der Waals surface area contributed by atoms with Crippen molar-refractivity contribution in [3.05, 3.63) is 29.3 Å². The fourth-order valence-corrected chi connectivity index (χ4v) is 1.50. The van der Waals surface area contributed by atoms with E-state index in [0.29, 0.717) is 6.61 Å². The van der Waals surface area contributed by atoms with Gasteiger partial charge in [0.05, 0.1) is 12.2 Å². The Morgan fingerprint density at radius 1 is 1.39 bits per heavy atom. The van der Waals surface area contributed by atoms with Crippen LogP contribution in [0.3, 0.4) is 0 Å². The number of nitrogens with two attached hydrogens (primary N) is 1. The highest BCUT2D eigenvalue weighted by Gasteiger charge is 2.34. The minimum Gasteiger partial charge on any atom is -0.493 e. The first kappa shape index (κ1) is 14.8. The lowest BCUT2D eigenvalue weighted by molar-refractivity contribution is -0.137. The Kier molecular flexibility index (Phi) is 4.56. The first-order chi connectivity index (χ1) is 8.21. The Balaban J connectivity index is 3.10. The van der Waals surface area contributed by atoms with E-state index in [1.54, 1.807) is 0 Å². The zero-order chi connectivity index (χ0) is 13.9. The third-order valence-electron chi connectivity index (χ3n) is 2.15. The van der Waals surface area contributed by atoms with Crippen molar-refractivity contribution < 1.29 is 17.9 Å². The summed E-state index contributed by atoms with van der Waals surface area (Å²) >= 11 is 4.60. The van der Waals surface area contributed by atoms with Gasteiger partial charge in [-0.05, 0) is 24.1 Å². The Hall–Kier alpha value is -1.30. The van der Waals surface area contributed by atoms with Crippen molar-refractivity contribution in [2.75, 3.05) is 6.61 Å². The average Bonchev–Trinajstić information content (AvgIpc) is 2.24. The monoisotopic (exact) mass is 277 g/mol. The van der Waals surface area contributed by atoms with Crippen molar-refractivity contribution in [3.63, 3.8) is 0 Å². The molecule has 0 aromatic heterocycles. The van der Waals surface area contributed by atoms with Crippen molar-refractivity contribution in [2.24, 2.45) is 11.7 Å². The number of hydrogen-bond acceptors (Lipinski definition) is 2. The van der Waals surface area contributed by atoms with Crippen molar-refractivity contribution in [3.8, 4) is 5.75 Å². The highest BCUT2D eigenvalue weighted by Crippen LogP contribution is 2.34. The first-order valence-corrected chi connectivity index (χ1v) is 5.76. The molecule has 1 rings (SSSR count). The van der Waals surface area contributed by atoms with Crippen LogP contribution in [0.15, 0.2) is 18.2 Å². The maximum absolute atomic E-state index is 12.8. The molecule has 1 aromatic carbocycles. The predicted octanol–water partition coefficient (Wildman–Crippen LogP) is 3.37. The smallest absolute Gasteiger partial charge is 0.417 e. The molecular weight excluding hydrogens is 263 g/mol. The van der Waals surface area contributed by atoms with Crippen molar-refractivity contribution >= 4 is 17.2 Å². The Labute approximate surface area is 109 Å². The van der Waals surface area contributed by atoms with Gasteiger partial charge in [-0.25, -0.2) is 0 Å². The Morgan fingerprint density at radius 2 is 2.00 bits per heavy atom. The van der Waals surface area contributed by atoms with Crippen LogP contribution in [0, 0.1) is 5.92 Å². The van der Waals surface area contributed by atoms with Gasteiger partial charge in [-0.1, -0.05) is 26.1 Å². The van der Waals surface area contributed by atoms with E-state index in [9.17, 15) is 13.2 Å². The fraction of sp³-hybridized carbons (Fsp3) is 0.417. The van der Waals surface area contributed by atoms with Gasteiger partial charge in [-0.3, -0.25) is 0 Å². The standard InChI is InChI=1S/C12H14F3NOS/c1-7(2)6-17-8-3-4-9(11(16)18)10(5-8)12(13,14)15/h3-5,7H,6H2,1-2H3,(H2,16,18). The number of benzene rings is 1. The molecule has 0 unspecified atom stereocenters. The number of halogens is 3. The van der Waals surface area contributed by atoms with E-state index >= 15 is 0 Å². The van der Waals surface area contributed by atoms with Gasteiger partial charge in [0.15, 0.2) is 0 Å². The summed E-state index contributed by atoms with van der Waals surface area (Å²) in [5.74, 6) is 0.394. The second kappa shape index (κ2) is 5.56. The lowest BCUT2D eigenvalue weighted by Gasteiger charge is -2.15. The number of ether oxygens (including phenoxy) is 1. The topological polar surface area (TPSA) is 35.2 Å². The van der Waals surface area contributed by atoms with Gasteiger partial charge in [0.1, 0.15) is 10.7 Å². The number of thiocarbonyl (C=S) groups is 1. The van der Waals surface area contributed by atoms with Crippen LogP contribution in [-0.4, -0.2) is 11.6 Å². The van der Waals surface area contributed by atoms with Crippen molar-refractivity contribution in [2.45, 2.75) is 20.0 Å². The maximum atomic E-state index is 12.8. The van der Waals surface area contributed by atoms with Crippen LogP contribution in [0.1, 0.15) is 25.0 Å². The van der Waals surface area contributed by atoms with E-state index in [4.69, 9.17) is 10.5 Å². The van der Waals surface area contributed by atoms with Gasteiger partial charge in [-0.2, -0.15) is 13.2 Å². The van der Waals surface area contributed by atoms with Gasteiger partial charge in [-0.15, -0.1) is 0 Å². The normalized spacial score (nSPS) is 11.7. The molecule has 0 bridgehead atoms. The van der Waals surface area contributed by atoms with Crippen molar-refractivity contribution in [1.29, 1.82) is 0 Å². The number of rotatable bonds is 4. The summed E-state index contributed by atoms with van der Waals surface area (Å²) in [4.78, 5) is -0.280. The summed E-state index contributed by atoms with van der Waals surface area (Å²) in [5.41, 5.74) is 4.22. The molecule has 0 atom stereocenters. The van der Waals surface area contributed by atoms with Crippen LogP contribution in [0.4, 0.5) is 13.2 Å². The molecule has 0 saturated carbocycles. The Bertz CT molecular complexity index is 443.